The van der Waals surface area contributed by atoms with Crippen molar-refractivity contribution in [3.05, 3.63) is 30.1 Å². The molecule has 0 radical (unpaired) electrons. The van der Waals surface area contributed by atoms with Gasteiger partial charge in [0, 0.05) is 11.7 Å². The summed E-state index contributed by atoms with van der Waals surface area (Å²) < 4.78 is 13.0. The van der Waals surface area contributed by atoms with Crippen LogP contribution in [0.2, 0.25) is 0 Å². The molecule has 1 aliphatic carbocycles. The van der Waals surface area contributed by atoms with Gasteiger partial charge in [0.25, 0.3) is 0 Å². The van der Waals surface area contributed by atoms with Gasteiger partial charge in [0.15, 0.2) is 0 Å². The molecule has 2 unspecified atom stereocenters. The van der Waals surface area contributed by atoms with Crippen LogP contribution in [0, 0.1) is 11.7 Å². The second-order valence-electron chi connectivity index (χ2n) is 4.91. The Labute approximate surface area is 107 Å². The van der Waals surface area contributed by atoms with Gasteiger partial charge in [-0.2, -0.15) is 0 Å². The summed E-state index contributed by atoms with van der Waals surface area (Å²) in [5.74, 6) is -0.594. The van der Waals surface area contributed by atoms with E-state index in [1.165, 1.54) is 12.1 Å². The maximum atomic E-state index is 13.0. The van der Waals surface area contributed by atoms with E-state index in [1.54, 1.807) is 12.1 Å². The third-order valence-electron chi connectivity index (χ3n) is 3.50. The van der Waals surface area contributed by atoms with E-state index in [4.69, 9.17) is 5.73 Å². The molecule has 0 bridgehead atoms. The molecule has 3 nitrogen and oxygen atoms in total. The van der Waals surface area contributed by atoms with E-state index < -0.39 is 0 Å². The highest BCUT2D eigenvalue weighted by atomic mass is 19.1. The molecule has 1 aromatic rings. The first-order valence-corrected chi connectivity index (χ1v) is 6.49. The number of hydrogen-bond acceptors (Lipinski definition) is 2. The molecule has 2 atom stereocenters. The van der Waals surface area contributed by atoms with Crippen molar-refractivity contribution in [2.75, 3.05) is 5.32 Å². The summed E-state index contributed by atoms with van der Waals surface area (Å²) in [4.78, 5) is 12.1. The number of nitrogens with one attached hydrogen (secondary N) is 1. The number of halogens is 1. The molecule has 0 saturated heterocycles. The van der Waals surface area contributed by atoms with Gasteiger partial charge in [-0.25, -0.2) is 4.39 Å². The molecule has 1 amide bonds. The molecule has 4 heteroatoms. The van der Waals surface area contributed by atoms with E-state index in [0.717, 1.165) is 32.1 Å². The van der Waals surface area contributed by atoms with Crippen LogP contribution in [0.3, 0.4) is 0 Å². The molecule has 1 fully saturated rings. The van der Waals surface area contributed by atoms with E-state index >= 15 is 0 Å². The Bertz CT molecular complexity index is 422. The third kappa shape index (κ3) is 3.29. The Hall–Kier alpha value is -1.42. The van der Waals surface area contributed by atoms with Crippen molar-refractivity contribution >= 4 is 11.6 Å². The number of anilines is 1. The molecule has 0 heterocycles. The van der Waals surface area contributed by atoms with Crippen LogP contribution < -0.4 is 11.1 Å². The van der Waals surface area contributed by atoms with Crippen molar-refractivity contribution in [2.24, 2.45) is 11.7 Å². The Morgan fingerprint density at radius 1 is 1.28 bits per heavy atom. The minimum atomic E-state index is -0.349. The minimum Gasteiger partial charge on any atom is -0.327 e. The molecular weight excluding hydrogens is 231 g/mol. The molecule has 0 spiro atoms. The Morgan fingerprint density at radius 2 is 2.06 bits per heavy atom. The van der Waals surface area contributed by atoms with Crippen LogP contribution in [0.25, 0.3) is 0 Å². The van der Waals surface area contributed by atoms with Gasteiger partial charge in [0.1, 0.15) is 5.82 Å². The Morgan fingerprint density at radius 3 is 2.83 bits per heavy atom. The van der Waals surface area contributed by atoms with Crippen LogP contribution in [0.5, 0.6) is 0 Å². The van der Waals surface area contributed by atoms with Gasteiger partial charge in [-0.05, 0) is 31.0 Å². The summed E-state index contributed by atoms with van der Waals surface area (Å²) in [6.07, 6.45) is 4.97. The third-order valence-corrected chi connectivity index (χ3v) is 3.50. The first kappa shape index (κ1) is 13.0. The lowest BCUT2D eigenvalue weighted by Gasteiger charge is -2.20. The van der Waals surface area contributed by atoms with Gasteiger partial charge in [-0.1, -0.05) is 25.3 Å². The summed E-state index contributed by atoms with van der Waals surface area (Å²) in [6, 6.07) is 5.86. The zero-order chi connectivity index (χ0) is 13.0. The van der Waals surface area contributed by atoms with Gasteiger partial charge >= 0.3 is 0 Å². The number of carbonyl (C=O) groups is 1. The SMILES string of the molecule is NC1CCCCCC1C(=O)Nc1cccc(F)c1. The van der Waals surface area contributed by atoms with Gasteiger partial charge in [-0.15, -0.1) is 0 Å². The number of rotatable bonds is 2. The zero-order valence-electron chi connectivity index (χ0n) is 10.4. The summed E-state index contributed by atoms with van der Waals surface area (Å²) in [6.45, 7) is 0. The lowest BCUT2D eigenvalue weighted by Crippen LogP contribution is -2.37. The first-order valence-electron chi connectivity index (χ1n) is 6.49. The van der Waals surface area contributed by atoms with Crippen LogP contribution in [-0.2, 0) is 4.79 Å². The molecule has 1 aliphatic rings. The Kier molecular flexibility index (Phi) is 4.31. The number of carbonyl (C=O) groups excluding carboxylic acids is 1. The average Bonchev–Trinajstić information content (AvgIpc) is 2.54. The van der Waals surface area contributed by atoms with Gasteiger partial charge in [-0.3, -0.25) is 4.79 Å². The molecule has 0 aromatic heterocycles. The molecule has 1 saturated carbocycles. The fourth-order valence-electron chi connectivity index (χ4n) is 2.46. The number of nitrogens with two attached hydrogens (primary N) is 1. The Balaban J connectivity index is 2.02. The van der Waals surface area contributed by atoms with Crippen molar-refractivity contribution in [1.29, 1.82) is 0 Å². The second-order valence-corrected chi connectivity index (χ2v) is 4.91. The largest absolute Gasteiger partial charge is 0.327 e. The van der Waals surface area contributed by atoms with E-state index in [2.05, 4.69) is 5.32 Å². The average molecular weight is 250 g/mol. The van der Waals surface area contributed by atoms with Gasteiger partial charge in [0.05, 0.1) is 5.92 Å². The fraction of sp³-hybridized carbons (Fsp3) is 0.500. The molecule has 1 aromatic carbocycles. The summed E-state index contributed by atoms with van der Waals surface area (Å²) >= 11 is 0. The normalized spacial score (nSPS) is 24.3. The van der Waals surface area contributed by atoms with Crippen LogP contribution in [-0.4, -0.2) is 11.9 Å². The van der Waals surface area contributed by atoms with Crippen molar-refractivity contribution in [3.8, 4) is 0 Å². The van der Waals surface area contributed by atoms with Crippen LogP contribution >= 0.6 is 0 Å². The summed E-state index contributed by atoms with van der Waals surface area (Å²) in [5.41, 5.74) is 6.53. The summed E-state index contributed by atoms with van der Waals surface area (Å²) in [7, 11) is 0. The highest BCUT2D eigenvalue weighted by Crippen LogP contribution is 2.23. The first-order chi connectivity index (χ1) is 8.66. The minimum absolute atomic E-state index is 0.0824. The lowest BCUT2D eigenvalue weighted by atomic mass is 9.94. The maximum absolute atomic E-state index is 13.0. The van der Waals surface area contributed by atoms with E-state index in [1.807, 2.05) is 0 Å². The molecular formula is C14H19FN2O. The van der Waals surface area contributed by atoms with Crippen molar-refractivity contribution < 1.29 is 9.18 Å². The molecule has 2 rings (SSSR count). The number of hydrogen-bond donors (Lipinski definition) is 2. The molecule has 0 aliphatic heterocycles. The fourth-order valence-corrected chi connectivity index (χ4v) is 2.46. The quantitative estimate of drug-likeness (QED) is 0.793. The molecule has 3 N–H and O–H groups in total. The van der Waals surface area contributed by atoms with E-state index in [9.17, 15) is 9.18 Å². The topological polar surface area (TPSA) is 55.1 Å². The lowest BCUT2D eigenvalue weighted by molar-refractivity contribution is -0.120. The predicted molar refractivity (Wildman–Crippen MR) is 69.6 cm³/mol. The van der Waals surface area contributed by atoms with Crippen molar-refractivity contribution in [2.45, 2.75) is 38.1 Å². The summed E-state index contributed by atoms with van der Waals surface area (Å²) in [5, 5.41) is 2.75. The standard InChI is InChI=1S/C14H19FN2O/c15-10-5-4-6-11(9-10)17-14(18)12-7-2-1-3-8-13(12)16/h4-6,9,12-13H,1-3,7-8,16H2,(H,17,18). The smallest absolute Gasteiger partial charge is 0.229 e. The van der Waals surface area contributed by atoms with E-state index in [0.29, 0.717) is 5.69 Å². The molecule has 98 valence electrons. The molecule has 18 heavy (non-hydrogen) atoms. The highest BCUT2D eigenvalue weighted by molar-refractivity contribution is 5.93. The zero-order valence-corrected chi connectivity index (χ0v) is 10.4. The van der Waals surface area contributed by atoms with Gasteiger partial charge < -0.3 is 11.1 Å². The second kappa shape index (κ2) is 5.96. The van der Waals surface area contributed by atoms with Crippen LogP contribution in [0.4, 0.5) is 10.1 Å². The predicted octanol–water partition coefficient (Wildman–Crippen LogP) is 2.67. The number of benzene rings is 1. The van der Waals surface area contributed by atoms with Crippen LogP contribution in [0.15, 0.2) is 24.3 Å². The highest BCUT2D eigenvalue weighted by Gasteiger charge is 2.26. The van der Waals surface area contributed by atoms with Crippen molar-refractivity contribution in [3.63, 3.8) is 0 Å². The van der Waals surface area contributed by atoms with Crippen LogP contribution in [0.1, 0.15) is 32.1 Å². The van der Waals surface area contributed by atoms with E-state index in [-0.39, 0.29) is 23.7 Å². The van der Waals surface area contributed by atoms with Crippen molar-refractivity contribution in [1.82, 2.24) is 0 Å². The monoisotopic (exact) mass is 250 g/mol. The van der Waals surface area contributed by atoms with Gasteiger partial charge in [0.2, 0.25) is 5.91 Å². The number of amides is 1. The maximum Gasteiger partial charge on any atom is 0.229 e.